The fourth-order valence-electron chi connectivity index (χ4n) is 8.97. The van der Waals surface area contributed by atoms with Crippen LogP contribution in [0.3, 0.4) is 0 Å². The summed E-state index contributed by atoms with van der Waals surface area (Å²) >= 11 is 0. The first-order valence-electron chi connectivity index (χ1n) is 13.6. The summed E-state index contributed by atoms with van der Waals surface area (Å²) in [5.41, 5.74) is -1.17. The van der Waals surface area contributed by atoms with Crippen molar-refractivity contribution >= 4 is 22.4 Å². The Kier molecular flexibility index (Phi) is 6.52. The first-order chi connectivity index (χ1) is 15.0. The van der Waals surface area contributed by atoms with E-state index in [0.717, 1.165) is 38.5 Å². The highest BCUT2D eigenvalue weighted by Gasteiger charge is 2.68. The Morgan fingerprint density at radius 1 is 0.970 bits per heavy atom. The molecule has 0 aliphatic heterocycles. The predicted octanol–water partition coefficient (Wildman–Crippen LogP) is 6.40. The minimum atomic E-state index is -1.79. The molecule has 4 aliphatic carbocycles. The van der Waals surface area contributed by atoms with Gasteiger partial charge in [0.25, 0.3) is 0 Å². The summed E-state index contributed by atoms with van der Waals surface area (Å²) in [6, 6.07) is 0. The van der Waals surface area contributed by atoms with Crippen LogP contribution in [0, 0.1) is 34.5 Å². The highest BCUT2D eigenvalue weighted by Crippen LogP contribution is 2.68. The molecule has 0 aromatic carbocycles. The molecule has 190 valence electrons. The first-order valence-corrected chi connectivity index (χ1v) is 20.4. The fourth-order valence-corrected chi connectivity index (χ4v) is 11.4. The van der Waals surface area contributed by atoms with Crippen molar-refractivity contribution in [2.45, 2.75) is 129 Å². The van der Waals surface area contributed by atoms with E-state index in [9.17, 15) is 9.90 Å². The lowest BCUT2D eigenvalue weighted by Crippen LogP contribution is -2.63. The molecule has 0 amide bonds. The summed E-state index contributed by atoms with van der Waals surface area (Å²) in [5.74, 6) is 2.03. The summed E-state index contributed by atoms with van der Waals surface area (Å²) in [6.07, 6.45) is 8.17. The van der Waals surface area contributed by atoms with Crippen LogP contribution in [-0.2, 0) is 13.6 Å². The van der Waals surface area contributed by atoms with E-state index in [0.29, 0.717) is 36.1 Å². The lowest BCUT2D eigenvalue weighted by molar-refractivity contribution is -0.187. The molecule has 0 bridgehead atoms. The summed E-state index contributed by atoms with van der Waals surface area (Å²) in [5, 5.41) is 12.1. The first kappa shape index (κ1) is 26.1. The summed E-state index contributed by atoms with van der Waals surface area (Å²) in [4.78, 5) is 14.0. The lowest BCUT2D eigenvalue weighted by Gasteiger charge is -2.61. The monoisotopic (exact) mass is 494 g/mol. The maximum atomic E-state index is 14.0. The normalized spacial score (nSPS) is 47.0. The topological polar surface area (TPSA) is 55.8 Å². The second-order valence-electron chi connectivity index (χ2n) is 14.6. The van der Waals surface area contributed by atoms with Gasteiger partial charge in [0.15, 0.2) is 16.6 Å². The van der Waals surface area contributed by atoms with Crippen molar-refractivity contribution in [2.75, 3.05) is 0 Å². The van der Waals surface area contributed by atoms with Crippen LogP contribution in [0.4, 0.5) is 0 Å². The largest absolute Gasteiger partial charge is 0.415 e. The summed E-state index contributed by atoms with van der Waals surface area (Å²) < 4.78 is 13.0. The Morgan fingerprint density at radius 2 is 1.64 bits per heavy atom. The quantitative estimate of drug-likeness (QED) is 0.449. The SMILES string of the molecule is CC(O[Si](C)(C)C)C1(O)CCC2C3CCC4CC(O[Si](C)(C)C)CCC4(C)C3C(=O)CC21C. The Labute approximate surface area is 204 Å². The van der Waals surface area contributed by atoms with E-state index < -0.39 is 22.2 Å². The molecule has 4 nitrogen and oxygen atoms in total. The van der Waals surface area contributed by atoms with Crippen molar-refractivity contribution in [3.63, 3.8) is 0 Å². The summed E-state index contributed by atoms with van der Waals surface area (Å²) in [7, 11) is -3.34. The van der Waals surface area contributed by atoms with Crippen LogP contribution in [0.25, 0.3) is 0 Å². The number of hydrogen-bond acceptors (Lipinski definition) is 4. The number of ketones is 1. The van der Waals surface area contributed by atoms with Gasteiger partial charge in [-0.25, -0.2) is 0 Å². The zero-order valence-corrected chi connectivity index (χ0v) is 24.8. The molecule has 0 aromatic heterocycles. The second kappa shape index (κ2) is 8.26. The van der Waals surface area contributed by atoms with Gasteiger partial charge in [-0.3, -0.25) is 4.79 Å². The number of carbonyl (C=O) groups is 1. The molecule has 0 saturated heterocycles. The molecule has 9 atom stereocenters. The van der Waals surface area contributed by atoms with Gasteiger partial charge < -0.3 is 14.0 Å². The zero-order valence-electron chi connectivity index (χ0n) is 22.8. The third-order valence-corrected chi connectivity index (χ3v) is 12.3. The number of aliphatic hydroxyl groups is 1. The van der Waals surface area contributed by atoms with Crippen LogP contribution in [0.2, 0.25) is 39.3 Å². The van der Waals surface area contributed by atoms with Gasteiger partial charge in [-0.1, -0.05) is 13.8 Å². The Bertz CT molecular complexity index is 773. The van der Waals surface area contributed by atoms with E-state index in [1.807, 2.05) is 0 Å². The van der Waals surface area contributed by atoms with Gasteiger partial charge in [0, 0.05) is 23.9 Å². The highest BCUT2D eigenvalue weighted by molar-refractivity contribution is 6.70. The minimum absolute atomic E-state index is 0.0990. The van der Waals surface area contributed by atoms with Gasteiger partial charge in [0.1, 0.15) is 5.78 Å². The Morgan fingerprint density at radius 3 is 2.24 bits per heavy atom. The van der Waals surface area contributed by atoms with Crippen LogP contribution in [0.15, 0.2) is 0 Å². The molecule has 4 fully saturated rings. The van der Waals surface area contributed by atoms with E-state index in [2.05, 4.69) is 60.1 Å². The molecule has 0 heterocycles. The number of rotatable bonds is 5. The molecule has 4 saturated carbocycles. The van der Waals surface area contributed by atoms with E-state index in [4.69, 9.17) is 8.85 Å². The van der Waals surface area contributed by atoms with E-state index in [1.54, 1.807) is 0 Å². The highest BCUT2D eigenvalue weighted by atomic mass is 28.4. The van der Waals surface area contributed by atoms with E-state index in [1.165, 1.54) is 6.42 Å². The molecular formula is C27H50O4Si2. The third-order valence-electron chi connectivity index (χ3n) is 10.2. The molecule has 1 N–H and O–H groups in total. The molecule has 0 radical (unpaired) electrons. The van der Waals surface area contributed by atoms with Crippen molar-refractivity contribution in [2.24, 2.45) is 34.5 Å². The van der Waals surface area contributed by atoms with Crippen LogP contribution >= 0.6 is 0 Å². The molecule has 6 heteroatoms. The third kappa shape index (κ3) is 4.38. The van der Waals surface area contributed by atoms with Crippen LogP contribution < -0.4 is 0 Å². The van der Waals surface area contributed by atoms with Gasteiger partial charge in [0.05, 0.1) is 11.7 Å². The second-order valence-corrected chi connectivity index (χ2v) is 23.5. The van der Waals surface area contributed by atoms with Gasteiger partial charge in [0.2, 0.25) is 0 Å². The average Bonchev–Trinajstić information content (AvgIpc) is 2.91. The van der Waals surface area contributed by atoms with Crippen molar-refractivity contribution in [1.29, 1.82) is 0 Å². The van der Waals surface area contributed by atoms with Crippen molar-refractivity contribution in [1.82, 2.24) is 0 Å². The number of hydrogen-bond donors (Lipinski definition) is 1. The smallest absolute Gasteiger partial charge is 0.184 e. The molecule has 0 aromatic rings. The lowest BCUT2D eigenvalue weighted by atomic mass is 9.44. The van der Waals surface area contributed by atoms with Gasteiger partial charge >= 0.3 is 0 Å². The average molecular weight is 495 g/mol. The number of fused-ring (bicyclic) bond motifs is 5. The van der Waals surface area contributed by atoms with Gasteiger partial charge in [-0.05, 0) is 114 Å². The maximum Gasteiger partial charge on any atom is 0.184 e. The van der Waals surface area contributed by atoms with Crippen LogP contribution in [0.5, 0.6) is 0 Å². The molecule has 4 rings (SSSR count). The van der Waals surface area contributed by atoms with Crippen molar-refractivity contribution < 1.29 is 18.8 Å². The van der Waals surface area contributed by atoms with Crippen molar-refractivity contribution in [3.05, 3.63) is 0 Å². The standard InChI is InChI=1S/C27H50O4Si2/c1-18(30-32(4,5)6)27(29)15-13-22-21-11-10-19-16-20(31-33(7,8)9)12-14-25(19,2)24(21)23(28)17-26(22,27)3/h18-22,24,29H,10-17H2,1-9H3. The van der Waals surface area contributed by atoms with E-state index >= 15 is 0 Å². The Balaban J connectivity index is 1.57. The molecular weight excluding hydrogens is 444 g/mol. The fraction of sp³-hybridized carbons (Fsp3) is 0.963. The van der Waals surface area contributed by atoms with Crippen LogP contribution in [0.1, 0.15) is 72.1 Å². The van der Waals surface area contributed by atoms with Gasteiger partial charge in [-0.15, -0.1) is 0 Å². The van der Waals surface area contributed by atoms with E-state index in [-0.39, 0.29) is 22.9 Å². The van der Waals surface area contributed by atoms with Gasteiger partial charge in [-0.2, -0.15) is 0 Å². The number of Topliss-reactive ketones (excluding diaryl/α,β-unsaturated/α-hetero) is 1. The molecule has 0 spiro atoms. The Hall–Kier alpha value is -0.0162. The molecule has 9 unspecified atom stereocenters. The summed E-state index contributed by atoms with van der Waals surface area (Å²) in [6.45, 7) is 20.1. The predicted molar refractivity (Wildman–Crippen MR) is 139 cm³/mol. The number of carbonyl (C=O) groups excluding carboxylic acids is 1. The molecule has 4 aliphatic rings. The minimum Gasteiger partial charge on any atom is -0.415 e. The zero-order chi connectivity index (χ0) is 24.6. The van der Waals surface area contributed by atoms with Crippen LogP contribution in [-0.4, -0.2) is 45.3 Å². The molecule has 33 heavy (non-hydrogen) atoms. The van der Waals surface area contributed by atoms with Crippen molar-refractivity contribution in [3.8, 4) is 0 Å². The maximum absolute atomic E-state index is 14.0.